The lowest BCUT2D eigenvalue weighted by molar-refractivity contribution is 0.574. The molecule has 0 N–H and O–H groups in total. The van der Waals surface area contributed by atoms with E-state index in [1.54, 1.807) is 0 Å². The first-order valence-corrected chi connectivity index (χ1v) is 7.22. The number of aromatic nitrogens is 2. The summed E-state index contributed by atoms with van der Waals surface area (Å²) in [5.74, 6) is 1.95. The minimum atomic E-state index is 0.848. The Labute approximate surface area is 115 Å². The SMILES string of the molecule is Cc1nc(N2CCCCC2)c2ccc(Br)cc2n1. The number of benzene rings is 1. The van der Waals surface area contributed by atoms with E-state index in [0.29, 0.717) is 0 Å². The highest BCUT2D eigenvalue weighted by molar-refractivity contribution is 9.10. The zero-order chi connectivity index (χ0) is 12.5. The van der Waals surface area contributed by atoms with Crippen molar-refractivity contribution in [1.82, 2.24) is 9.97 Å². The topological polar surface area (TPSA) is 29.0 Å². The van der Waals surface area contributed by atoms with Crippen molar-refractivity contribution in [3.05, 3.63) is 28.5 Å². The van der Waals surface area contributed by atoms with Crippen molar-refractivity contribution < 1.29 is 0 Å². The number of piperidine rings is 1. The molecule has 0 unspecified atom stereocenters. The van der Waals surface area contributed by atoms with Gasteiger partial charge in [-0.3, -0.25) is 0 Å². The molecule has 0 spiro atoms. The van der Waals surface area contributed by atoms with Crippen LogP contribution in [0.3, 0.4) is 0 Å². The summed E-state index contributed by atoms with van der Waals surface area (Å²) in [6.45, 7) is 4.19. The number of hydrogen-bond acceptors (Lipinski definition) is 3. The number of hydrogen-bond donors (Lipinski definition) is 0. The predicted octanol–water partition coefficient (Wildman–Crippen LogP) is 3.69. The van der Waals surface area contributed by atoms with Gasteiger partial charge in [-0.1, -0.05) is 15.9 Å². The van der Waals surface area contributed by atoms with Gasteiger partial charge in [-0.2, -0.15) is 0 Å². The molecule has 3 rings (SSSR count). The van der Waals surface area contributed by atoms with Gasteiger partial charge in [-0.25, -0.2) is 9.97 Å². The van der Waals surface area contributed by atoms with Gasteiger partial charge in [0.1, 0.15) is 11.6 Å². The second kappa shape index (κ2) is 4.84. The van der Waals surface area contributed by atoms with E-state index < -0.39 is 0 Å². The molecule has 1 aromatic heterocycles. The summed E-state index contributed by atoms with van der Waals surface area (Å²) in [6, 6.07) is 6.24. The second-order valence-corrected chi connectivity index (χ2v) is 5.72. The van der Waals surface area contributed by atoms with Gasteiger partial charge in [0, 0.05) is 22.9 Å². The third-order valence-corrected chi connectivity index (χ3v) is 3.90. The van der Waals surface area contributed by atoms with Gasteiger partial charge in [-0.15, -0.1) is 0 Å². The number of rotatable bonds is 1. The van der Waals surface area contributed by atoms with Crippen molar-refractivity contribution in [2.24, 2.45) is 0 Å². The summed E-state index contributed by atoms with van der Waals surface area (Å²) in [5.41, 5.74) is 1.03. The highest BCUT2D eigenvalue weighted by Gasteiger charge is 2.16. The van der Waals surface area contributed by atoms with Crippen LogP contribution in [0, 0.1) is 6.92 Å². The number of halogens is 1. The monoisotopic (exact) mass is 305 g/mol. The largest absolute Gasteiger partial charge is 0.356 e. The number of aryl methyl sites for hydroxylation is 1. The van der Waals surface area contributed by atoms with Gasteiger partial charge < -0.3 is 4.90 Å². The Hall–Kier alpha value is -1.16. The van der Waals surface area contributed by atoms with E-state index in [-0.39, 0.29) is 0 Å². The van der Waals surface area contributed by atoms with Crippen LogP contribution in [-0.2, 0) is 0 Å². The molecule has 0 bridgehead atoms. The van der Waals surface area contributed by atoms with E-state index in [4.69, 9.17) is 0 Å². The minimum Gasteiger partial charge on any atom is -0.356 e. The van der Waals surface area contributed by atoms with Crippen molar-refractivity contribution in [2.75, 3.05) is 18.0 Å². The molecule has 0 atom stereocenters. The molecule has 94 valence electrons. The Morgan fingerprint density at radius 3 is 2.67 bits per heavy atom. The normalized spacial score (nSPS) is 16.2. The third-order valence-electron chi connectivity index (χ3n) is 3.41. The van der Waals surface area contributed by atoms with Crippen molar-refractivity contribution in [1.29, 1.82) is 0 Å². The Kier molecular flexibility index (Phi) is 3.20. The predicted molar refractivity (Wildman–Crippen MR) is 78.0 cm³/mol. The van der Waals surface area contributed by atoms with Crippen molar-refractivity contribution in [3.8, 4) is 0 Å². The second-order valence-electron chi connectivity index (χ2n) is 4.80. The summed E-state index contributed by atoms with van der Waals surface area (Å²) in [5, 5.41) is 1.16. The highest BCUT2D eigenvalue weighted by atomic mass is 79.9. The Balaban J connectivity index is 2.14. The highest BCUT2D eigenvalue weighted by Crippen LogP contribution is 2.28. The van der Waals surface area contributed by atoms with Crippen LogP contribution in [0.5, 0.6) is 0 Å². The van der Waals surface area contributed by atoms with Gasteiger partial charge in [0.15, 0.2) is 0 Å². The average Bonchev–Trinajstić information content (AvgIpc) is 2.38. The molecular formula is C14H16BrN3. The Morgan fingerprint density at radius 2 is 1.89 bits per heavy atom. The molecule has 2 heterocycles. The smallest absolute Gasteiger partial charge is 0.140 e. The van der Waals surface area contributed by atoms with Gasteiger partial charge in [0.25, 0.3) is 0 Å². The number of fused-ring (bicyclic) bond motifs is 1. The minimum absolute atomic E-state index is 0.848. The van der Waals surface area contributed by atoms with Gasteiger partial charge >= 0.3 is 0 Å². The average molecular weight is 306 g/mol. The molecule has 0 amide bonds. The quantitative estimate of drug-likeness (QED) is 0.804. The van der Waals surface area contributed by atoms with Gasteiger partial charge in [0.05, 0.1) is 5.52 Å². The maximum absolute atomic E-state index is 4.65. The molecular weight excluding hydrogens is 290 g/mol. The van der Waals surface area contributed by atoms with Crippen molar-refractivity contribution in [2.45, 2.75) is 26.2 Å². The molecule has 1 aliphatic rings. The summed E-state index contributed by atoms with van der Waals surface area (Å²) < 4.78 is 1.07. The molecule has 1 fully saturated rings. The Bertz CT molecular complexity index is 571. The fraction of sp³-hybridized carbons (Fsp3) is 0.429. The van der Waals surface area contributed by atoms with Crippen LogP contribution in [-0.4, -0.2) is 23.1 Å². The molecule has 0 saturated carbocycles. The molecule has 0 aliphatic carbocycles. The number of anilines is 1. The van der Waals surface area contributed by atoms with Crippen LogP contribution in [0.2, 0.25) is 0 Å². The number of nitrogens with zero attached hydrogens (tertiary/aromatic N) is 3. The van der Waals surface area contributed by atoms with Crippen LogP contribution in [0.15, 0.2) is 22.7 Å². The maximum Gasteiger partial charge on any atom is 0.140 e. The van der Waals surface area contributed by atoms with Gasteiger partial charge in [-0.05, 0) is 44.4 Å². The first-order valence-electron chi connectivity index (χ1n) is 6.43. The van der Waals surface area contributed by atoms with Crippen molar-refractivity contribution in [3.63, 3.8) is 0 Å². The molecule has 3 nitrogen and oxygen atoms in total. The Morgan fingerprint density at radius 1 is 1.11 bits per heavy atom. The van der Waals surface area contributed by atoms with Crippen LogP contribution in [0.1, 0.15) is 25.1 Å². The summed E-state index contributed by atoms with van der Waals surface area (Å²) in [4.78, 5) is 11.6. The summed E-state index contributed by atoms with van der Waals surface area (Å²) in [6.07, 6.45) is 3.87. The molecule has 1 saturated heterocycles. The van der Waals surface area contributed by atoms with Crippen LogP contribution < -0.4 is 4.90 Å². The molecule has 1 aromatic carbocycles. The van der Waals surface area contributed by atoms with Crippen LogP contribution in [0.4, 0.5) is 5.82 Å². The van der Waals surface area contributed by atoms with E-state index >= 15 is 0 Å². The standard InChI is InChI=1S/C14H16BrN3/c1-10-16-13-9-11(15)5-6-12(13)14(17-10)18-7-3-2-4-8-18/h5-6,9H,2-4,7-8H2,1H3. The maximum atomic E-state index is 4.65. The van der Waals surface area contributed by atoms with Crippen LogP contribution >= 0.6 is 15.9 Å². The van der Waals surface area contributed by atoms with E-state index in [0.717, 1.165) is 40.1 Å². The van der Waals surface area contributed by atoms with E-state index in [1.807, 2.05) is 6.92 Å². The molecule has 4 heteroatoms. The summed E-state index contributed by atoms with van der Waals surface area (Å²) >= 11 is 3.50. The van der Waals surface area contributed by atoms with Crippen molar-refractivity contribution >= 4 is 32.7 Å². The third kappa shape index (κ3) is 2.21. The van der Waals surface area contributed by atoms with Gasteiger partial charge in [0.2, 0.25) is 0 Å². The zero-order valence-electron chi connectivity index (χ0n) is 10.5. The molecule has 18 heavy (non-hydrogen) atoms. The van der Waals surface area contributed by atoms with E-state index in [9.17, 15) is 0 Å². The van der Waals surface area contributed by atoms with E-state index in [1.165, 1.54) is 19.3 Å². The zero-order valence-corrected chi connectivity index (χ0v) is 12.1. The summed E-state index contributed by atoms with van der Waals surface area (Å²) in [7, 11) is 0. The first-order chi connectivity index (χ1) is 8.74. The molecule has 0 radical (unpaired) electrons. The van der Waals surface area contributed by atoms with Crippen LogP contribution in [0.25, 0.3) is 10.9 Å². The lowest BCUT2D eigenvalue weighted by Gasteiger charge is -2.28. The lowest BCUT2D eigenvalue weighted by Crippen LogP contribution is -2.30. The van der Waals surface area contributed by atoms with E-state index in [2.05, 4.69) is 49.0 Å². The fourth-order valence-corrected chi connectivity index (χ4v) is 2.89. The molecule has 1 aliphatic heterocycles. The molecule has 2 aromatic rings. The lowest BCUT2D eigenvalue weighted by atomic mass is 10.1. The fourth-order valence-electron chi connectivity index (χ4n) is 2.55. The first kappa shape index (κ1) is 11.9.